The average molecular weight is 741 g/mol. The number of nitrogens with one attached hydrogen (secondary N) is 4. The van der Waals surface area contributed by atoms with Crippen LogP contribution in [0.4, 0.5) is 23.3 Å². The predicted molar refractivity (Wildman–Crippen MR) is 205 cm³/mol. The van der Waals surface area contributed by atoms with Gasteiger partial charge >= 0.3 is 0 Å². The van der Waals surface area contributed by atoms with Crippen LogP contribution in [0.1, 0.15) is 0 Å². The molecule has 1 aliphatic rings. The first-order valence-corrected chi connectivity index (χ1v) is 17.2. The topological polar surface area (TPSA) is 274 Å². The number of fused-ring (bicyclic) bond motifs is 16. The van der Waals surface area contributed by atoms with E-state index in [0.717, 1.165) is 0 Å². The van der Waals surface area contributed by atoms with E-state index in [9.17, 15) is 40.9 Å². The molecule has 0 unspecified atom stereocenters. The molecule has 0 aliphatic carbocycles. The van der Waals surface area contributed by atoms with Crippen molar-refractivity contribution in [1.82, 2.24) is 19.9 Å². The van der Waals surface area contributed by atoms with Crippen LogP contribution >= 0.6 is 0 Å². The highest BCUT2D eigenvalue weighted by atomic mass is 16.3. The molecule has 17 rings (SSSR count). The van der Waals surface area contributed by atoms with Crippen molar-refractivity contribution in [3.05, 3.63) is 70.5 Å². The zero-order valence-electron chi connectivity index (χ0n) is 28.0. The lowest BCUT2D eigenvalue weighted by Crippen LogP contribution is -2.10. The minimum atomic E-state index is -0.350. The standard InChI is InChI=1S/C40H20N8O8/c49-25-9-1-2-10(26(25)50)18-17(9)33-41-34(18)46-36-21-13-5-6-14(30(54)29(13)53)22(21)38(43-36)48-40-24-16-8-7-15(31(55)32(16)56)23(24)39(44-40)47-37-20-12-4-3-11(27(51)28(12)52)19(20)35(42-37)45-33/h1-8,49-56H,(H4,41,42,43,44,45,46,47,48). The van der Waals surface area contributed by atoms with Gasteiger partial charge in [0.1, 0.15) is 45.2 Å². The molecule has 5 heterocycles. The van der Waals surface area contributed by atoms with E-state index in [1.807, 2.05) is 0 Å². The number of aromatic nitrogens is 4. The molecular formula is C40H20N8O8. The summed E-state index contributed by atoms with van der Waals surface area (Å²) in [5, 5.41) is 94.1. The predicted octanol–water partition coefficient (Wildman–Crippen LogP) is 5.74. The van der Waals surface area contributed by atoms with Crippen LogP contribution in [0.25, 0.3) is 86.2 Å². The fourth-order valence-electron chi connectivity index (χ4n) is 9.04. The summed E-state index contributed by atoms with van der Waals surface area (Å²) in [6.07, 6.45) is 0. The van der Waals surface area contributed by atoms with E-state index in [1.54, 1.807) is 48.5 Å². The number of phenolic OH excluding ortho intramolecular Hbond substituents is 8. The summed E-state index contributed by atoms with van der Waals surface area (Å²) in [5.74, 6) is -1.93. The minimum absolute atomic E-state index is 0.217. The second-order valence-corrected chi connectivity index (χ2v) is 14.2. The van der Waals surface area contributed by atoms with E-state index < -0.39 is 0 Å². The monoisotopic (exact) mass is 740 g/mol. The van der Waals surface area contributed by atoms with Gasteiger partial charge in [0.15, 0.2) is 46.0 Å². The van der Waals surface area contributed by atoms with Crippen molar-refractivity contribution in [3.8, 4) is 46.0 Å². The Labute approximate surface area is 306 Å². The number of aromatic amines is 4. The molecule has 268 valence electrons. The van der Waals surface area contributed by atoms with Gasteiger partial charge in [0.05, 0.1) is 0 Å². The van der Waals surface area contributed by atoms with Gasteiger partial charge in [-0.1, -0.05) is 0 Å². The second-order valence-electron chi connectivity index (χ2n) is 14.2. The molecule has 12 aromatic carbocycles. The van der Waals surface area contributed by atoms with Gasteiger partial charge in [0, 0.05) is 86.2 Å². The van der Waals surface area contributed by atoms with Crippen LogP contribution in [-0.4, -0.2) is 60.8 Å². The van der Waals surface area contributed by atoms with Gasteiger partial charge in [-0.3, -0.25) is 0 Å². The van der Waals surface area contributed by atoms with Crippen LogP contribution in [0, 0.1) is 0 Å². The number of rotatable bonds is 0. The third-order valence-electron chi connectivity index (χ3n) is 11.5. The summed E-state index contributed by atoms with van der Waals surface area (Å²) in [5.41, 5.74) is 0.869. The van der Waals surface area contributed by atoms with E-state index in [-0.39, 0.29) is 134 Å². The maximum atomic E-state index is 11.1. The molecule has 16 aromatic rings. The van der Waals surface area contributed by atoms with Gasteiger partial charge in [-0.2, -0.15) is 0 Å². The molecule has 0 amide bonds. The number of H-pyrrole nitrogens is 4. The number of benzene rings is 12. The summed E-state index contributed by atoms with van der Waals surface area (Å²) < 4.78 is 0. The summed E-state index contributed by atoms with van der Waals surface area (Å²) in [6, 6.07) is 13.2. The van der Waals surface area contributed by atoms with Gasteiger partial charge in [0.2, 0.25) is 0 Å². The van der Waals surface area contributed by atoms with Crippen LogP contribution in [0.3, 0.4) is 0 Å². The van der Waals surface area contributed by atoms with Crippen molar-refractivity contribution in [2.75, 3.05) is 0 Å². The molecule has 4 aromatic heterocycles. The molecule has 56 heavy (non-hydrogen) atoms. The highest BCUT2D eigenvalue weighted by Gasteiger charge is 2.28. The average Bonchev–Trinajstić information content (AvgIpc) is 3.96. The van der Waals surface area contributed by atoms with Gasteiger partial charge in [0.25, 0.3) is 0 Å². The van der Waals surface area contributed by atoms with Gasteiger partial charge in [-0.15, -0.1) is 0 Å². The quantitative estimate of drug-likeness (QED) is 0.0850. The molecule has 12 N–H and O–H groups in total. The van der Waals surface area contributed by atoms with Crippen LogP contribution < -0.4 is 22.0 Å². The Bertz CT molecular complexity index is 3530. The van der Waals surface area contributed by atoms with Gasteiger partial charge in [-0.05, 0) is 48.5 Å². The number of aromatic hydroxyl groups is 8. The van der Waals surface area contributed by atoms with E-state index in [4.69, 9.17) is 20.0 Å². The number of hydrogen-bond acceptors (Lipinski definition) is 12. The molecule has 0 saturated heterocycles. The molecule has 16 nitrogen and oxygen atoms in total. The van der Waals surface area contributed by atoms with Crippen LogP contribution in [0.2, 0.25) is 0 Å². The van der Waals surface area contributed by atoms with Crippen molar-refractivity contribution < 1.29 is 40.9 Å². The lowest BCUT2D eigenvalue weighted by atomic mass is 9.99. The summed E-state index contributed by atoms with van der Waals surface area (Å²) >= 11 is 0. The molecule has 0 spiro atoms. The van der Waals surface area contributed by atoms with E-state index in [0.29, 0.717) is 43.1 Å². The summed E-state index contributed by atoms with van der Waals surface area (Å²) in [7, 11) is 0. The maximum absolute atomic E-state index is 11.1. The zero-order valence-corrected chi connectivity index (χ0v) is 28.0. The van der Waals surface area contributed by atoms with Crippen molar-refractivity contribution in [2.24, 2.45) is 20.0 Å². The van der Waals surface area contributed by atoms with Crippen molar-refractivity contribution >= 4 is 109 Å². The molecule has 0 fully saturated rings. The summed E-state index contributed by atoms with van der Waals surface area (Å²) in [4.78, 5) is 33.1. The Kier molecular flexibility index (Phi) is 4.69. The van der Waals surface area contributed by atoms with Crippen molar-refractivity contribution in [2.45, 2.75) is 0 Å². The lowest BCUT2D eigenvalue weighted by molar-refractivity contribution is 0.412. The highest BCUT2D eigenvalue weighted by molar-refractivity contribution is 6.25. The molecule has 0 atom stereocenters. The van der Waals surface area contributed by atoms with Crippen LogP contribution in [0.15, 0.2) is 68.5 Å². The minimum Gasteiger partial charge on any atom is -0.504 e. The van der Waals surface area contributed by atoms with Crippen LogP contribution in [0.5, 0.6) is 46.0 Å². The largest absolute Gasteiger partial charge is 0.504 e. The Morgan fingerprint density at radius 3 is 0.625 bits per heavy atom. The summed E-state index contributed by atoms with van der Waals surface area (Å²) in [6.45, 7) is 0. The van der Waals surface area contributed by atoms with Crippen molar-refractivity contribution in [3.63, 3.8) is 0 Å². The Hall–Kier alpha value is -8.40. The molecule has 0 saturated carbocycles. The first-order chi connectivity index (χ1) is 27.1. The lowest BCUT2D eigenvalue weighted by Gasteiger charge is -2.10. The van der Waals surface area contributed by atoms with Crippen LogP contribution in [-0.2, 0) is 0 Å². The smallest absolute Gasteiger partial charge is 0.166 e. The second kappa shape index (κ2) is 9.03. The Morgan fingerprint density at radius 2 is 0.429 bits per heavy atom. The first-order valence-electron chi connectivity index (χ1n) is 17.2. The van der Waals surface area contributed by atoms with Crippen molar-refractivity contribution in [1.29, 1.82) is 0 Å². The first kappa shape index (κ1) is 29.1. The fraction of sp³-hybridized carbons (Fsp3) is 0. The molecule has 16 bridgehead atoms. The zero-order chi connectivity index (χ0) is 37.8. The van der Waals surface area contributed by atoms with E-state index in [1.165, 1.54) is 0 Å². The maximum Gasteiger partial charge on any atom is 0.166 e. The van der Waals surface area contributed by atoms with Gasteiger partial charge < -0.3 is 60.8 Å². The molecule has 0 radical (unpaired) electrons. The fourth-order valence-corrected chi connectivity index (χ4v) is 9.04. The normalized spacial score (nSPS) is 13.4. The number of phenols is 16. The van der Waals surface area contributed by atoms with E-state index in [2.05, 4.69) is 19.9 Å². The Morgan fingerprint density at radius 1 is 0.250 bits per heavy atom. The molecule has 1 aliphatic heterocycles. The highest BCUT2D eigenvalue weighted by Crippen LogP contribution is 2.53. The molecule has 16 heteroatoms. The van der Waals surface area contributed by atoms with Gasteiger partial charge in [-0.25, -0.2) is 20.0 Å². The Balaban J connectivity index is 1.31. The van der Waals surface area contributed by atoms with E-state index >= 15 is 0 Å². The number of hydrogen-bond donors (Lipinski definition) is 12. The third kappa shape index (κ3) is 3.08. The third-order valence-corrected chi connectivity index (χ3v) is 11.5. The molecular weight excluding hydrogens is 720 g/mol. The SMILES string of the molecule is Oc1c(O)c2ccc1c1c3[nH]c(c21)N=c1[nH]c(c2c4ccc(c(O)c4O)c12)=Nc1[nH]c(c2c4ccc(c(O)c4O)c12)N=c1[nH]c(c2c4ccc(c(O)c4O)c12)=N3. The number of nitrogens with zero attached hydrogens (tertiary/aromatic N) is 4.